The number of carbonyl (C=O) groups excluding carboxylic acids is 2. The van der Waals surface area contributed by atoms with Crippen LogP contribution in [0, 0.1) is 0 Å². The number of carbonyl (C=O) groups is 2. The highest BCUT2D eigenvalue weighted by Crippen LogP contribution is 2.17. The lowest BCUT2D eigenvalue weighted by Gasteiger charge is -1.88. The topological polar surface area (TPSA) is 34.1 Å². The highest BCUT2D eigenvalue weighted by atomic mass is 16.1. The van der Waals surface area contributed by atoms with Crippen LogP contribution in [0.4, 0.5) is 0 Å². The smallest absolute Gasteiger partial charge is 0.158 e. The Bertz CT molecular complexity index is 321. The summed E-state index contributed by atoms with van der Waals surface area (Å²) in [6.07, 6.45) is 9.03. The van der Waals surface area contributed by atoms with Crippen LogP contribution in [-0.4, -0.2) is 11.6 Å². The maximum Gasteiger partial charge on any atom is 0.158 e. The Morgan fingerprint density at radius 2 is 1.93 bits per heavy atom. The minimum absolute atomic E-state index is 0.252. The van der Waals surface area contributed by atoms with Crippen molar-refractivity contribution in [1.29, 1.82) is 0 Å². The molecular weight excluding hydrogens is 188 g/mol. The lowest BCUT2D eigenvalue weighted by Crippen LogP contribution is -1.90. The number of ketones is 2. The second-order valence-electron chi connectivity index (χ2n) is 4.03. The zero-order valence-corrected chi connectivity index (χ0v) is 9.51. The standard InChI is InChI=1S/C7H10O.C6H8O/c1-6(8)7-4-2-3-5-7;1-5-3-2-4-6(5)7/h4H,2-3,5H2,1H3;3H,2,4H2,1H3. The molecular formula is C13H18O2. The molecule has 0 amide bonds. The SMILES string of the molecule is CC(=O)C1=CCCC1.CC1=CCCC1=O. The maximum absolute atomic E-state index is 10.6. The van der Waals surface area contributed by atoms with Crippen molar-refractivity contribution in [2.24, 2.45) is 0 Å². The van der Waals surface area contributed by atoms with E-state index in [-0.39, 0.29) is 5.78 Å². The van der Waals surface area contributed by atoms with E-state index in [4.69, 9.17) is 0 Å². The van der Waals surface area contributed by atoms with Crippen LogP contribution in [0.2, 0.25) is 0 Å². The Hall–Kier alpha value is -1.18. The van der Waals surface area contributed by atoms with E-state index in [2.05, 4.69) is 0 Å². The summed E-state index contributed by atoms with van der Waals surface area (Å²) in [5.74, 6) is 0.572. The van der Waals surface area contributed by atoms with Crippen molar-refractivity contribution in [2.45, 2.75) is 46.0 Å². The van der Waals surface area contributed by atoms with Gasteiger partial charge in [0.05, 0.1) is 0 Å². The first-order valence-corrected chi connectivity index (χ1v) is 5.51. The van der Waals surface area contributed by atoms with Gasteiger partial charge in [0.15, 0.2) is 11.6 Å². The minimum Gasteiger partial charge on any atom is -0.295 e. The first-order chi connectivity index (χ1) is 7.11. The highest BCUT2D eigenvalue weighted by molar-refractivity contribution is 5.96. The number of rotatable bonds is 1. The highest BCUT2D eigenvalue weighted by Gasteiger charge is 2.08. The van der Waals surface area contributed by atoms with E-state index < -0.39 is 0 Å². The van der Waals surface area contributed by atoms with E-state index in [9.17, 15) is 9.59 Å². The van der Waals surface area contributed by atoms with Gasteiger partial charge in [-0.1, -0.05) is 12.2 Å². The molecule has 0 aromatic carbocycles. The fraction of sp³-hybridized carbons (Fsp3) is 0.538. The molecule has 0 aromatic rings. The number of hydrogen-bond acceptors (Lipinski definition) is 2. The molecule has 0 saturated carbocycles. The molecule has 15 heavy (non-hydrogen) atoms. The van der Waals surface area contributed by atoms with Crippen molar-refractivity contribution in [1.82, 2.24) is 0 Å². The Morgan fingerprint density at radius 1 is 1.20 bits per heavy atom. The molecule has 0 saturated heterocycles. The summed E-state index contributed by atoms with van der Waals surface area (Å²) in [6.45, 7) is 3.51. The Kier molecular flexibility index (Phi) is 4.47. The number of allylic oxidation sites excluding steroid dienone is 4. The molecule has 0 aromatic heterocycles. The third kappa shape index (κ3) is 3.82. The van der Waals surface area contributed by atoms with Crippen LogP contribution in [0.25, 0.3) is 0 Å². The van der Waals surface area contributed by atoms with Crippen molar-refractivity contribution in [3.8, 4) is 0 Å². The molecule has 0 heterocycles. The van der Waals surface area contributed by atoms with E-state index in [1.165, 1.54) is 6.42 Å². The van der Waals surface area contributed by atoms with Crippen LogP contribution < -0.4 is 0 Å². The van der Waals surface area contributed by atoms with Crippen LogP contribution in [-0.2, 0) is 9.59 Å². The minimum atomic E-state index is 0.252. The van der Waals surface area contributed by atoms with Crippen molar-refractivity contribution >= 4 is 11.6 Å². The fourth-order valence-electron chi connectivity index (χ4n) is 1.72. The van der Waals surface area contributed by atoms with E-state index in [1.54, 1.807) is 6.92 Å². The van der Waals surface area contributed by atoms with Gasteiger partial charge in [-0.25, -0.2) is 0 Å². The summed E-state index contributed by atoms with van der Waals surface area (Å²) in [5.41, 5.74) is 1.98. The molecule has 0 unspecified atom stereocenters. The predicted molar refractivity (Wildman–Crippen MR) is 60.6 cm³/mol. The van der Waals surface area contributed by atoms with Gasteiger partial charge in [0.2, 0.25) is 0 Å². The van der Waals surface area contributed by atoms with Crippen molar-refractivity contribution in [2.75, 3.05) is 0 Å². The maximum atomic E-state index is 10.6. The second-order valence-corrected chi connectivity index (χ2v) is 4.03. The molecule has 0 N–H and O–H groups in total. The summed E-state index contributed by atoms with van der Waals surface area (Å²) in [6, 6.07) is 0. The third-order valence-corrected chi connectivity index (χ3v) is 2.75. The van der Waals surface area contributed by atoms with E-state index in [0.717, 1.165) is 36.8 Å². The molecule has 0 bridgehead atoms. The second kappa shape index (κ2) is 5.64. The molecule has 2 aliphatic rings. The van der Waals surface area contributed by atoms with Crippen LogP contribution in [0.1, 0.15) is 46.0 Å². The van der Waals surface area contributed by atoms with Crippen LogP contribution in [0.3, 0.4) is 0 Å². The van der Waals surface area contributed by atoms with E-state index in [1.807, 2.05) is 19.1 Å². The van der Waals surface area contributed by atoms with Gasteiger partial charge in [-0.3, -0.25) is 9.59 Å². The predicted octanol–water partition coefficient (Wildman–Crippen LogP) is 2.98. The number of hydrogen-bond donors (Lipinski definition) is 0. The normalized spacial score (nSPS) is 19.2. The summed E-state index contributed by atoms with van der Waals surface area (Å²) < 4.78 is 0. The van der Waals surface area contributed by atoms with Gasteiger partial charge >= 0.3 is 0 Å². The molecule has 0 atom stereocenters. The Balaban J connectivity index is 0.000000151. The average Bonchev–Trinajstić information content (AvgIpc) is 2.80. The lowest BCUT2D eigenvalue weighted by atomic mass is 10.2. The van der Waals surface area contributed by atoms with E-state index in [0.29, 0.717) is 5.78 Å². The van der Waals surface area contributed by atoms with Crippen molar-refractivity contribution in [3.05, 3.63) is 23.3 Å². The molecule has 0 radical (unpaired) electrons. The largest absolute Gasteiger partial charge is 0.295 e. The Labute approximate surface area is 91.1 Å². The van der Waals surface area contributed by atoms with Crippen molar-refractivity contribution < 1.29 is 9.59 Å². The summed E-state index contributed by atoms with van der Waals surface area (Å²) in [7, 11) is 0. The first-order valence-electron chi connectivity index (χ1n) is 5.51. The third-order valence-electron chi connectivity index (χ3n) is 2.75. The van der Waals surface area contributed by atoms with Crippen LogP contribution in [0.15, 0.2) is 23.3 Å². The Morgan fingerprint density at radius 3 is 2.13 bits per heavy atom. The fourth-order valence-corrected chi connectivity index (χ4v) is 1.72. The molecule has 0 fully saturated rings. The molecule has 82 valence electrons. The van der Waals surface area contributed by atoms with Gasteiger partial charge in [-0.05, 0) is 50.7 Å². The van der Waals surface area contributed by atoms with Gasteiger partial charge in [0.25, 0.3) is 0 Å². The van der Waals surface area contributed by atoms with E-state index >= 15 is 0 Å². The van der Waals surface area contributed by atoms with Gasteiger partial charge in [0, 0.05) is 6.42 Å². The van der Waals surface area contributed by atoms with Crippen molar-refractivity contribution in [3.63, 3.8) is 0 Å². The average molecular weight is 206 g/mol. The van der Waals surface area contributed by atoms with Gasteiger partial charge < -0.3 is 0 Å². The quantitative estimate of drug-likeness (QED) is 0.661. The van der Waals surface area contributed by atoms with Crippen LogP contribution >= 0.6 is 0 Å². The lowest BCUT2D eigenvalue weighted by molar-refractivity contribution is -0.115. The number of Topliss-reactive ketones (excluding diaryl/α,β-unsaturated/α-hetero) is 2. The van der Waals surface area contributed by atoms with Gasteiger partial charge in [0.1, 0.15) is 0 Å². The monoisotopic (exact) mass is 206 g/mol. The molecule has 2 heteroatoms. The molecule has 2 nitrogen and oxygen atoms in total. The molecule has 0 aliphatic heterocycles. The summed E-state index contributed by atoms with van der Waals surface area (Å²) in [4.78, 5) is 21.1. The zero-order chi connectivity index (χ0) is 11.3. The van der Waals surface area contributed by atoms with Gasteiger partial charge in [-0.2, -0.15) is 0 Å². The molecule has 2 aliphatic carbocycles. The summed E-state index contributed by atoms with van der Waals surface area (Å²) in [5, 5.41) is 0. The molecule has 2 rings (SSSR count). The summed E-state index contributed by atoms with van der Waals surface area (Å²) >= 11 is 0. The first kappa shape index (κ1) is 11.9. The zero-order valence-electron chi connectivity index (χ0n) is 9.51. The van der Waals surface area contributed by atoms with Gasteiger partial charge in [-0.15, -0.1) is 0 Å². The molecule has 0 spiro atoms. The van der Waals surface area contributed by atoms with Crippen LogP contribution in [0.5, 0.6) is 0 Å².